The zero-order chi connectivity index (χ0) is 15.1. The van der Waals surface area contributed by atoms with Gasteiger partial charge in [0.05, 0.1) is 17.3 Å². The molecule has 0 aliphatic carbocycles. The van der Waals surface area contributed by atoms with Crippen LogP contribution < -0.4 is 5.73 Å². The number of amides is 1. The van der Waals surface area contributed by atoms with E-state index in [4.69, 9.17) is 5.73 Å². The molecule has 8 heteroatoms. The molecule has 0 fully saturated rings. The number of primary amides is 1. The van der Waals surface area contributed by atoms with Gasteiger partial charge < -0.3 is 5.73 Å². The highest BCUT2D eigenvalue weighted by atomic mass is 32.1. The molecule has 4 aromatic heterocycles. The molecule has 0 saturated carbocycles. The molecule has 1 amide bonds. The van der Waals surface area contributed by atoms with Gasteiger partial charge in [-0.3, -0.25) is 9.89 Å². The smallest absolute Gasteiger partial charge is 0.258 e. The van der Waals surface area contributed by atoms with Crippen molar-refractivity contribution in [3.63, 3.8) is 0 Å². The largest absolute Gasteiger partial charge is 0.365 e. The summed E-state index contributed by atoms with van der Waals surface area (Å²) < 4.78 is 1.71. The highest BCUT2D eigenvalue weighted by molar-refractivity contribution is 7.12. The fourth-order valence-electron chi connectivity index (χ4n) is 2.24. The van der Waals surface area contributed by atoms with Crippen molar-refractivity contribution in [2.45, 2.75) is 0 Å². The highest BCUT2D eigenvalue weighted by Gasteiger charge is 2.13. The molecule has 4 rings (SSSR count). The minimum atomic E-state index is -0.428. The van der Waals surface area contributed by atoms with Gasteiger partial charge in [-0.1, -0.05) is 0 Å². The molecule has 0 atom stereocenters. The number of H-pyrrole nitrogens is 1. The van der Waals surface area contributed by atoms with Crippen LogP contribution in [0.25, 0.3) is 27.9 Å². The van der Waals surface area contributed by atoms with E-state index in [1.165, 1.54) is 11.3 Å². The minimum absolute atomic E-state index is 0.428. The van der Waals surface area contributed by atoms with E-state index in [1.807, 2.05) is 11.6 Å². The number of aromatic amines is 1. The maximum Gasteiger partial charge on any atom is 0.258 e. The summed E-state index contributed by atoms with van der Waals surface area (Å²) in [6, 6.07) is 1.76. The zero-order valence-electron chi connectivity index (χ0n) is 11.2. The Morgan fingerprint density at radius 2 is 2.14 bits per heavy atom. The van der Waals surface area contributed by atoms with Gasteiger partial charge in [-0.15, -0.1) is 11.3 Å². The third-order valence-corrected chi connectivity index (χ3v) is 4.29. The van der Waals surface area contributed by atoms with Gasteiger partial charge in [0.1, 0.15) is 0 Å². The first kappa shape index (κ1) is 12.7. The van der Waals surface area contributed by atoms with E-state index in [0.717, 1.165) is 27.9 Å². The number of carbonyl (C=O) groups excluding carboxylic acids is 1. The van der Waals surface area contributed by atoms with E-state index in [2.05, 4.69) is 20.3 Å². The fraction of sp³-hybridized carbons (Fsp3) is 0. The zero-order valence-corrected chi connectivity index (χ0v) is 12.0. The maximum atomic E-state index is 11.2. The topological polar surface area (TPSA) is 102 Å². The first-order chi connectivity index (χ1) is 10.7. The minimum Gasteiger partial charge on any atom is -0.365 e. The van der Waals surface area contributed by atoms with Gasteiger partial charge in [0, 0.05) is 35.3 Å². The Labute approximate surface area is 128 Å². The Balaban J connectivity index is 1.81. The third-order valence-electron chi connectivity index (χ3n) is 3.34. The molecule has 0 spiro atoms. The first-order valence-electron chi connectivity index (χ1n) is 6.43. The Kier molecular flexibility index (Phi) is 2.76. The number of fused-ring (bicyclic) bond motifs is 1. The summed E-state index contributed by atoms with van der Waals surface area (Å²) in [5.74, 6) is -0.428. The summed E-state index contributed by atoms with van der Waals surface area (Å²) in [6.07, 6.45) is 8.91. The predicted molar refractivity (Wildman–Crippen MR) is 82.4 cm³/mol. The molecule has 3 N–H and O–H groups in total. The van der Waals surface area contributed by atoms with Crippen LogP contribution in [0.1, 0.15) is 9.67 Å². The number of nitrogens with zero attached hydrogens (tertiary/aromatic N) is 4. The van der Waals surface area contributed by atoms with Crippen molar-refractivity contribution in [3.05, 3.63) is 47.3 Å². The molecule has 0 unspecified atom stereocenters. The molecule has 0 aromatic carbocycles. The number of nitrogens with one attached hydrogen (secondary N) is 1. The quantitative estimate of drug-likeness (QED) is 0.603. The summed E-state index contributed by atoms with van der Waals surface area (Å²) in [4.78, 5) is 16.2. The average Bonchev–Trinajstić information content (AvgIpc) is 3.25. The van der Waals surface area contributed by atoms with Gasteiger partial charge in [-0.05, 0) is 17.0 Å². The second kappa shape index (κ2) is 4.78. The van der Waals surface area contributed by atoms with Crippen LogP contribution in [0, 0.1) is 0 Å². The molecule has 0 bridgehead atoms. The van der Waals surface area contributed by atoms with Crippen LogP contribution >= 0.6 is 11.3 Å². The number of aromatic nitrogens is 5. The van der Waals surface area contributed by atoms with Crippen LogP contribution in [0.15, 0.2) is 42.4 Å². The molecule has 0 aliphatic heterocycles. The van der Waals surface area contributed by atoms with E-state index in [9.17, 15) is 4.79 Å². The average molecular weight is 310 g/mol. The van der Waals surface area contributed by atoms with Gasteiger partial charge >= 0.3 is 0 Å². The van der Waals surface area contributed by atoms with Crippen LogP contribution in [0.2, 0.25) is 0 Å². The van der Waals surface area contributed by atoms with E-state index in [0.29, 0.717) is 4.88 Å². The molecule has 0 radical (unpaired) electrons. The van der Waals surface area contributed by atoms with Gasteiger partial charge in [0.15, 0.2) is 5.65 Å². The predicted octanol–water partition coefficient (Wildman–Crippen LogP) is 1.95. The second-order valence-electron chi connectivity index (χ2n) is 4.72. The van der Waals surface area contributed by atoms with Gasteiger partial charge in [0.25, 0.3) is 5.91 Å². The van der Waals surface area contributed by atoms with Crippen molar-refractivity contribution in [1.29, 1.82) is 0 Å². The Morgan fingerprint density at radius 3 is 2.86 bits per heavy atom. The van der Waals surface area contributed by atoms with Crippen LogP contribution in [-0.2, 0) is 0 Å². The van der Waals surface area contributed by atoms with Crippen LogP contribution in [0.4, 0.5) is 0 Å². The second-order valence-corrected chi connectivity index (χ2v) is 5.63. The fourth-order valence-corrected chi connectivity index (χ4v) is 3.00. The lowest BCUT2D eigenvalue weighted by molar-refractivity contribution is 0.100. The molecule has 0 saturated heterocycles. The van der Waals surface area contributed by atoms with Crippen molar-refractivity contribution in [3.8, 4) is 22.3 Å². The number of thiophene rings is 1. The molecule has 7 nitrogen and oxygen atoms in total. The third kappa shape index (κ3) is 1.97. The number of hydrogen-bond donors (Lipinski definition) is 2. The Bertz CT molecular complexity index is 968. The van der Waals surface area contributed by atoms with Crippen molar-refractivity contribution >= 4 is 22.9 Å². The molecule has 0 aliphatic rings. The van der Waals surface area contributed by atoms with Crippen LogP contribution in [0.3, 0.4) is 0 Å². The Hall–Kier alpha value is -3.00. The first-order valence-corrected chi connectivity index (χ1v) is 7.31. The standard InChI is InChI=1S/C14H10N6OS/c15-13(21)12-1-8(7-22-12)11-5-19-20-6-10(2-16-14(11)20)9-3-17-18-4-9/h1-7H,(H2,15,21)(H,17,18). The lowest BCUT2D eigenvalue weighted by Crippen LogP contribution is -2.08. The molecule has 108 valence electrons. The van der Waals surface area contributed by atoms with Gasteiger partial charge in [-0.2, -0.15) is 10.2 Å². The number of nitrogens with two attached hydrogens (primary N) is 1. The lowest BCUT2D eigenvalue weighted by atomic mass is 10.1. The van der Waals surface area contributed by atoms with E-state index < -0.39 is 5.91 Å². The van der Waals surface area contributed by atoms with Crippen molar-refractivity contribution in [1.82, 2.24) is 24.8 Å². The number of rotatable bonds is 3. The molecule has 22 heavy (non-hydrogen) atoms. The maximum absolute atomic E-state index is 11.2. The summed E-state index contributed by atoms with van der Waals surface area (Å²) in [7, 11) is 0. The van der Waals surface area contributed by atoms with Crippen LogP contribution in [0.5, 0.6) is 0 Å². The van der Waals surface area contributed by atoms with Crippen molar-refractivity contribution < 1.29 is 4.79 Å². The summed E-state index contributed by atoms with van der Waals surface area (Å²) in [5, 5.41) is 12.9. The number of hydrogen-bond acceptors (Lipinski definition) is 5. The lowest BCUT2D eigenvalue weighted by Gasteiger charge is -1.99. The Morgan fingerprint density at radius 1 is 1.23 bits per heavy atom. The number of carbonyl (C=O) groups is 1. The van der Waals surface area contributed by atoms with E-state index >= 15 is 0 Å². The van der Waals surface area contributed by atoms with Gasteiger partial charge in [0.2, 0.25) is 0 Å². The molecule has 4 heterocycles. The summed E-state index contributed by atoms with van der Waals surface area (Å²) >= 11 is 1.31. The molecular weight excluding hydrogens is 300 g/mol. The normalized spacial score (nSPS) is 11.1. The molecule has 4 aromatic rings. The van der Waals surface area contributed by atoms with Crippen molar-refractivity contribution in [2.75, 3.05) is 0 Å². The summed E-state index contributed by atoms with van der Waals surface area (Å²) in [5.41, 5.74) is 9.62. The van der Waals surface area contributed by atoms with Gasteiger partial charge in [-0.25, -0.2) is 9.50 Å². The van der Waals surface area contributed by atoms with E-state index in [1.54, 1.807) is 35.4 Å². The van der Waals surface area contributed by atoms with Crippen molar-refractivity contribution in [2.24, 2.45) is 5.73 Å². The highest BCUT2D eigenvalue weighted by Crippen LogP contribution is 2.29. The monoisotopic (exact) mass is 310 g/mol. The van der Waals surface area contributed by atoms with Crippen LogP contribution in [-0.4, -0.2) is 30.7 Å². The summed E-state index contributed by atoms with van der Waals surface area (Å²) in [6.45, 7) is 0. The molecular formula is C14H10N6OS. The van der Waals surface area contributed by atoms with E-state index in [-0.39, 0.29) is 0 Å². The SMILES string of the molecule is NC(=O)c1cc(-c2cnn3cc(-c4cn[nH]c4)cnc23)cs1.